The summed E-state index contributed by atoms with van der Waals surface area (Å²) in [5, 5.41) is 13.9. The zero-order valence-electron chi connectivity index (χ0n) is 18.2. The zero-order chi connectivity index (χ0) is 23.2. The predicted octanol–water partition coefficient (Wildman–Crippen LogP) is 4.78. The molecule has 3 N–H and O–H groups in total. The van der Waals surface area contributed by atoms with Crippen LogP contribution in [-0.2, 0) is 6.54 Å². The van der Waals surface area contributed by atoms with E-state index in [0.29, 0.717) is 28.2 Å². The number of carbonyl (C=O) groups is 2. The van der Waals surface area contributed by atoms with Crippen molar-refractivity contribution >= 4 is 28.8 Å². The summed E-state index contributed by atoms with van der Waals surface area (Å²) in [5.41, 5.74) is 8.82. The normalized spacial score (nSPS) is 17.7. The molecule has 168 valence electrons. The molecule has 7 heteroatoms. The number of hydrogen-bond acceptors (Lipinski definition) is 5. The first-order chi connectivity index (χ1) is 16.0. The number of carbonyl (C=O) groups excluding carboxylic acids is 2. The number of benzene rings is 2. The van der Waals surface area contributed by atoms with E-state index >= 15 is 0 Å². The van der Waals surface area contributed by atoms with Gasteiger partial charge in [0.15, 0.2) is 0 Å². The van der Waals surface area contributed by atoms with Gasteiger partial charge in [0.25, 0.3) is 11.8 Å². The number of thiophene rings is 1. The molecule has 4 rings (SSSR count). The van der Waals surface area contributed by atoms with E-state index in [4.69, 9.17) is 11.0 Å². The standard InChI is InChI=1S/C26H26N4O2S/c27-16-18-6-8-20(9-7-18)26(32)30(23-12-10-21(28)11-13-23)17-19-3-1-4-22(15-19)29-25(31)24-5-2-14-33-24/h1-9,14-15,21,23H,10-13,17,28H2,(H,29,31). The van der Waals surface area contributed by atoms with Gasteiger partial charge < -0.3 is 16.0 Å². The maximum atomic E-state index is 13.5. The number of nitrogens with one attached hydrogen (secondary N) is 1. The van der Waals surface area contributed by atoms with Gasteiger partial charge in [-0.2, -0.15) is 5.26 Å². The van der Waals surface area contributed by atoms with E-state index in [0.717, 1.165) is 31.2 Å². The first-order valence-corrected chi connectivity index (χ1v) is 11.9. The monoisotopic (exact) mass is 458 g/mol. The van der Waals surface area contributed by atoms with E-state index in [1.807, 2.05) is 40.6 Å². The van der Waals surface area contributed by atoms with E-state index in [1.54, 1.807) is 30.3 Å². The first-order valence-electron chi connectivity index (χ1n) is 11.0. The summed E-state index contributed by atoms with van der Waals surface area (Å²) in [5.74, 6) is -0.207. The number of anilines is 1. The van der Waals surface area contributed by atoms with Crippen molar-refractivity contribution in [2.45, 2.75) is 44.3 Å². The van der Waals surface area contributed by atoms with Crippen molar-refractivity contribution in [3.05, 3.63) is 87.6 Å². The molecule has 33 heavy (non-hydrogen) atoms. The maximum Gasteiger partial charge on any atom is 0.265 e. The molecule has 1 saturated carbocycles. The van der Waals surface area contributed by atoms with Crippen LogP contribution in [0.4, 0.5) is 5.69 Å². The Kier molecular flexibility index (Phi) is 7.18. The van der Waals surface area contributed by atoms with Gasteiger partial charge in [-0.15, -0.1) is 11.3 Å². The second-order valence-electron chi connectivity index (χ2n) is 8.32. The topological polar surface area (TPSA) is 99.2 Å². The summed E-state index contributed by atoms with van der Waals surface area (Å²) in [6, 6.07) is 20.4. The Morgan fingerprint density at radius 1 is 1.06 bits per heavy atom. The first kappa shape index (κ1) is 22.7. The Hall–Kier alpha value is -3.47. The second kappa shape index (κ2) is 10.4. The van der Waals surface area contributed by atoms with E-state index in [1.165, 1.54) is 11.3 Å². The third-order valence-electron chi connectivity index (χ3n) is 5.99. The fourth-order valence-corrected chi connectivity index (χ4v) is 4.80. The van der Waals surface area contributed by atoms with Crippen LogP contribution in [0.1, 0.15) is 56.8 Å². The van der Waals surface area contributed by atoms with Gasteiger partial charge in [-0.1, -0.05) is 18.2 Å². The maximum absolute atomic E-state index is 13.5. The highest BCUT2D eigenvalue weighted by atomic mass is 32.1. The van der Waals surface area contributed by atoms with Crippen LogP contribution < -0.4 is 11.1 Å². The van der Waals surface area contributed by atoms with Crippen molar-refractivity contribution in [2.24, 2.45) is 5.73 Å². The molecule has 1 aliphatic carbocycles. The highest BCUT2D eigenvalue weighted by Crippen LogP contribution is 2.26. The number of amides is 2. The molecule has 1 fully saturated rings. The van der Waals surface area contributed by atoms with Crippen LogP contribution in [0.15, 0.2) is 66.0 Å². The minimum absolute atomic E-state index is 0.0621. The van der Waals surface area contributed by atoms with Gasteiger partial charge in [-0.3, -0.25) is 9.59 Å². The summed E-state index contributed by atoms with van der Waals surface area (Å²) in [6.45, 7) is 0.432. The van der Waals surface area contributed by atoms with Crippen LogP contribution in [0.3, 0.4) is 0 Å². The van der Waals surface area contributed by atoms with E-state index in [-0.39, 0.29) is 23.9 Å². The van der Waals surface area contributed by atoms with Crippen molar-refractivity contribution in [3.63, 3.8) is 0 Å². The lowest BCUT2D eigenvalue weighted by molar-refractivity contribution is 0.0606. The lowest BCUT2D eigenvalue weighted by Gasteiger charge is -2.36. The minimum atomic E-state index is -0.145. The lowest BCUT2D eigenvalue weighted by Crippen LogP contribution is -2.43. The Bertz CT molecular complexity index is 1140. The highest BCUT2D eigenvalue weighted by Gasteiger charge is 2.28. The largest absolute Gasteiger partial charge is 0.331 e. The molecule has 0 saturated heterocycles. The molecule has 0 spiro atoms. The van der Waals surface area contributed by atoms with Crippen LogP contribution in [0.5, 0.6) is 0 Å². The van der Waals surface area contributed by atoms with E-state index in [2.05, 4.69) is 11.4 Å². The molecule has 6 nitrogen and oxygen atoms in total. The molecule has 0 aliphatic heterocycles. The van der Waals surface area contributed by atoms with Crippen molar-refractivity contribution in [1.82, 2.24) is 4.90 Å². The Labute approximate surface area is 197 Å². The molecule has 1 aromatic heterocycles. The Morgan fingerprint density at radius 3 is 2.48 bits per heavy atom. The summed E-state index contributed by atoms with van der Waals surface area (Å²) in [7, 11) is 0. The quantitative estimate of drug-likeness (QED) is 0.555. The van der Waals surface area contributed by atoms with Gasteiger partial charge >= 0.3 is 0 Å². The number of nitrogens with zero attached hydrogens (tertiary/aromatic N) is 2. The van der Waals surface area contributed by atoms with Crippen molar-refractivity contribution < 1.29 is 9.59 Å². The van der Waals surface area contributed by atoms with Crippen molar-refractivity contribution in [2.75, 3.05) is 5.32 Å². The lowest BCUT2D eigenvalue weighted by atomic mass is 9.90. The molecular formula is C26H26N4O2S. The van der Waals surface area contributed by atoms with Gasteiger partial charge in [-0.05, 0) is 79.1 Å². The summed E-state index contributed by atoms with van der Waals surface area (Å²) < 4.78 is 0. The summed E-state index contributed by atoms with van der Waals surface area (Å²) >= 11 is 1.39. The van der Waals surface area contributed by atoms with Crippen LogP contribution >= 0.6 is 11.3 Å². The van der Waals surface area contributed by atoms with Crippen molar-refractivity contribution in [3.8, 4) is 6.07 Å². The molecule has 2 aromatic carbocycles. The van der Waals surface area contributed by atoms with Gasteiger partial charge in [0.1, 0.15) is 0 Å². The molecule has 0 bridgehead atoms. The molecule has 0 atom stereocenters. The highest BCUT2D eigenvalue weighted by molar-refractivity contribution is 7.12. The molecular weight excluding hydrogens is 432 g/mol. The fourth-order valence-electron chi connectivity index (χ4n) is 4.18. The molecule has 1 heterocycles. The van der Waals surface area contributed by atoms with Gasteiger partial charge in [-0.25, -0.2) is 0 Å². The molecule has 0 unspecified atom stereocenters. The SMILES string of the molecule is N#Cc1ccc(C(=O)N(Cc2cccc(NC(=O)c3cccs3)c2)C2CCC(N)CC2)cc1. The number of nitriles is 1. The van der Waals surface area contributed by atoms with Crippen LogP contribution in [0.2, 0.25) is 0 Å². The van der Waals surface area contributed by atoms with Gasteiger partial charge in [0, 0.05) is 29.9 Å². The predicted molar refractivity (Wildman–Crippen MR) is 130 cm³/mol. The van der Waals surface area contributed by atoms with Gasteiger partial charge in [0.05, 0.1) is 16.5 Å². The fraction of sp³-hybridized carbons (Fsp3) is 0.269. The Morgan fingerprint density at radius 2 is 1.82 bits per heavy atom. The van der Waals surface area contributed by atoms with Crippen LogP contribution in [0, 0.1) is 11.3 Å². The minimum Gasteiger partial charge on any atom is -0.331 e. The average molecular weight is 459 g/mol. The summed E-state index contributed by atoms with van der Waals surface area (Å²) in [6.07, 6.45) is 3.49. The number of rotatable bonds is 6. The molecule has 0 radical (unpaired) electrons. The molecule has 3 aromatic rings. The third-order valence-corrected chi connectivity index (χ3v) is 6.86. The average Bonchev–Trinajstić information content (AvgIpc) is 3.38. The zero-order valence-corrected chi connectivity index (χ0v) is 19.1. The third kappa shape index (κ3) is 5.67. The number of nitrogens with two attached hydrogens (primary N) is 1. The Balaban J connectivity index is 1.55. The van der Waals surface area contributed by atoms with Crippen LogP contribution in [0.25, 0.3) is 0 Å². The molecule has 2 amide bonds. The number of hydrogen-bond donors (Lipinski definition) is 2. The smallest absolute Gasteiger partial charge is 0.265 e. The van der Waals surface area contributed by atoms with E-state index in [9.17, 15) is 9.59 Å². The summed E-state index contributed by atoms with van der Waals surface area (Å²) in [4.78, 5) is 28.5. The van der Waals surface area contributed by atoms with E-state index < -0.39 is 0 Å². The molecule has 1 aliphatic rings. The van der Waals surface area contributed by atoms with Crippen LogP contribution in [-0.4, -0.2) is 28.8 Å². The van der Waals surface area contributed by atoms with Crippen molar-refractivity contribution in [1.29, 1.82) is 5.26 Å². The second-order valence-corrected chi connectivity index (χ2v) is 9.27. The van der Waals surface area contributed by atoms with Gasteiger partial charge in [0.2, 0.25) is 0 Å².